The molecule has 2 aromatic rings. The van der Waals surface area contributed by atoms with Crippen molar-refractivity contribution in [3.8, 4) is 5.75 Å². The van der Waals surface area contributed by atoms with Gasteiger partial charge >= 0.3 is 0 Å². The van der Waals surface area contributed by atoms with Gasteiger partial charge < -0.3 is 9.64 Å². The highest BCUT2D eigenvalue weighted by Crippen LogP contribution is 2.20. The molecule has 1 aliphatic heterocycles. The Morgan fingerprint density at radius 1 is 1.30 bits per heavy atom. The van der Waals surface area contributed by atoms with Crippen LogP contribution in [0.4, 0.5) is 0 Å². The number of amides is 1. The van der Waals surface area contributed by atoms with E-state index >= 15 is 0 Å². The number of aromatic nitrogens is 3. The molecule has 2 aromatic heterocycles. The summed E-state index contributed by atoms with van der Waals surface area (Å²) in [6, 6.07) is 5.81. The van der Waals surface area contributed by atoms with Crippen LogP contribution in [0.15, 0.2) is 43.0 Å². The van der Waals surface area contributed by atoms with Crippen molar-refractivity contribution in [2.75, 3.05) is 13.2 Å². The number of piperidine rings is 1. The second-order valence-electron chi connectivity index (χ2n) is 5.77. The van der Waals surface area contributed by atoms with Gasteiger partial charge in [-0.25, -0.2) is 0 Å². The van der Waals surface area contributed by atoms with Gasteiger partial charge in [-0.1, -0.05) is 0 Å². The molecule has 1 fully saturated rings. The molecule has 1 amide bonds. The van der Waals surface area contributed by atoms with E-state index in [9.17, 15) is 4.79 Å². The van der Waals surface area contributed by atoms with Crippen LogP contribution >= 0.6 is 0 Å². The highest BCUT2D eigenvalue weighted by atomic mass is 16.5. The van der Waals surface area contributed by atoms with E-state index in [2.05, 4.69) is 10.1 Å². The number of likely N-dealkylation sites (tertiary alicyclic amines) is 1. The van der Waals surface area contributed by atoms with E-state index in [4.69, 9.17) is 4.74 Å². The van der Waals surface area contributed by atoms with Crippen molar-refractivity contribution in [2.45, 2.75) is 38.3 Å². The fourth-order valence-corrected chi connectivity index (χ4v) is 3.00. The highest BCUT2D eigenvalue weighted by molar-refractivity contribution is 5.78. The molecule has 6 nitrogen and oxygen atoms in total. The molecule has 0 spiro atoms. The quantitative estimate of drug-likeness (QED) is 0.819. The minimum absolute atomic E-state index is 0.0546. The van der Waals surface area contributed by atoms with Crippen LogP contribution in [0.25, 0.3) is 0 Å². The van der Waals surface area contributed by atoms with Gasteiger partial charge in [0.2, 0.25) is 0 Å². The zero-order chi connectivity index (χ0) is 15.9. The molecule has 0 bridgehead atoms. The Labute approximate surface area is 136 Å². The van der Waals surface area contributed by atoms with Crippen molar-refractivity contribution in [3.05, 3.63) is 43.0 Å². The normalized spacial score (nSPS) is 17.9. The van der Waals surface area contributed by atoms with Crippen LogP contribution in [0.2, 0.25) is 0 Å². The summed E-state index contributed by atoms with van der Waals surface area (Å²) in [6.07, 6.45) is 11.3. The highest BCUT2D eigenvalue weighted by Gasteiger charge is 2.26. The second-order valence-corrected chi connectivity index (χ2v) is 5.77. The van der Waals surface area contributed by atoms with E-state index in [0.717, 1.165) is 32.4 Å². The monoisotopic (exact) mass is 314 g/mol. The summed E-state index contributed by atoms with van der Waals surface area (Å²) in [7, 11) is 0. The Hall–Kier alpha value is -2.37. The average molecular weight is 314 g/mol. The van der Waals surface area contributed by atoms with Crippen molar-refractivity contribution in [3.63, 3.8) is 0 Å². The minimum atomic E-state index is 0.0546. The van der Waals surface area contributed by atoms with Gasteiger partial charge in [0.05, 0.1) is 6.20 Å². The lowest BCUT2D eigenvalue weighted by Gasteiger charge is -2.35. The molecule has 1 aliphatic rings. The molecule has 1 atom stereocenters. The van der Waals surface area contributed by atoms with E-state index < -0.39 is 0 Å². The molecule has 0 saturated carbocycles. The standard InChI is InChI=1S/C17H22N4O2/c22-17(14-23-16-6-3-8-18-13-16)21-11-2-1-5-15(21)7-12-20-10-4-9-19-20/h3-4,6,8-10,13,15H,1-2,5,7,11-12,14H2. The topological polar surface area (TPSA) is 60.2 Å². The van der Waals surface area contributed by atoms with Crippen LogP contribution in [0.3, 0.4) is 0 Å². The number of hydrogen-bond acceptors (Lipinski definition) is 4. The van der Waals surface area contributed by atoms with Crippen LogP contribution in [0.5, 0.6) is 5.75 Å². The van der Waals surface area contributed by atoms with Crippen molar-refractivity contribution in [1.29, 1.82) is 0 Å². The SMILES string of the molecule is O=C(COc1cccnc1)N1CCCCC1CCn1cccn1. The third-order valence-electron chi connectivity index (χ3n) is 4.19. The van der Waals surface area contributed by atoms with Gasteiger partial charge in [0.25, 0.3) is 5.91 Å². The number of carbonyl (C=O) groups is 1. The Kier molecular flexibility index (Phi) is 5.24. The zero-order valence-corrected chi connectivity index (χ0v) is 13.2. The molecular formula is C17H22N4O2. The number of carbonyl (C=O) groups excluding carboxylic acids is 1. The van der Waals surface area contributed by atoms with Crippen LogP contribution in [0, 0.1) is 0 Å². The Balaban J connectivity index is 1.53. The first-order valence-electron chi connectivity index (χ1n) is 8.12. The van der Waals surface area contributed by atoms with Gasteiger partial charge in [0.1, 0.15) is 5.75 Å². The van der Waals surface area contributed by atoms with Crippen molar-refractivity contribution in [1.82, 2.24) is 19.7 Å². The Morgan fingerprint density at radius 3 is 3.04 bits per heavy atom. The molecular weight excluding hydrogens is 292 g/mol. The number of aryl methyl sites for hydroxylation is 1. The van der Waals surface area contributed by atoms with E-state index in [0.29, 0.717) is 5.75 Å². The van der Waals surface area contributed by atoms with Gasteiger partial charge in [-0.2, -0.15) is 5.10 Å². The molecule has 0 N–H and O–H groups in total. The van der Waals surface area contributed by atoms with Crippen molar-refractivity contribution < 1.29 is 9.53 Å². The summed E-state index contributed by atoms with van der Waals surface area (Å²) in [6.45, 7) is 1.73. The minimum Gasteiger partial charge on any atom is -0.482 e. The third-order valence-corrected chi connectivity index (χ3v) is 4.19. The fraction of sp³-hybridized carbons (Fsp3) is 0.471. The lowest BCUT2D eigenvalue weighted by molar-refractivity contribution is -0.137. The first-order chi connectivity index (χ1) is 11.3. The number of hydrogen-bond donors (Lipinski definition) is 0. The fourth-order valence-electron chi connectivity index (χ4n) is 3.00. The lowest BCUT2D eigenvalue weighted by atomic mass is 9.99. The Morgan fingerprint density at radius 2 is 2.26 bits per heavy atom. The summed E-state index contributed by atoms with van der Waals surface area (Å²) in [5, 5.41) is 4.23. The number of nitrogens with zero attached hydrogens (tertiary/aromatic N) is 4. The van der Waals surface area contributed by atoms with Gasteiger partial charge in [-0.3, -0.25) is 14.5 Å². The first kappa shape index (κ1) is 15.5. The molecule has 23 heavy (non-hydrogen) atoms. The predicted octanol–water partition coefficient (Wildman–Crippen LogP) is 2.13. The van der Waals surface area contributed by atoms with Gasteiger partial charge in [-0.15, -0.1) is 0 Å². The molecule has 0 aliphatic carbocycles. The van der Waals surface area contributed by atoms with Crippen LogP contribution < -0.4 is 4.74 Å². The lowest BCUT2D eigenvalue weighted by Crippen LogP contribution is -2.46. The summed E-state index contributed by atoms with van der Waals surface area (Å²) in [4.78, 5) is 18.5. The van der Waals surface area contributed by atoms with E-state index in [1.54, 1.807) is 24.7 Å². The smallest absolute Gasteiger partial charge is 0.260 e. The molecule has 3 heterocycles. The number of rotatable bonds is 6. The number of ether oxygens (including phenoxy) is 1. The van der Waals surface area contributed by atoms with Crippen LogP contribution in [0.1, 0.15) is 25.7 Å². The molecule has 0 aromatic carbocycles. The van der Waals surface area contributed by atoms with E-state index in [1.807, 2.05) is 27.9 Å². The number of pyridine rings is 1. The van der Waals surface area contributed by atoms with Crippen molar-refractivity contribution >= 4 is 5.91 Å². The van der Waals surface area contributed by atoms with Gasteiger partial charge in [0, 0.05) is 37.7 Å². The average Bonchev–Trinajstić information content (AvgIpc) is 3.12. The van der Waals surface area contributed by atoms with Crippen molar-refractivity contribution in [2.24, 2.45) is 0 Å². The first-order valence-corrected chi connectivity index (χ1v) is 8.12. The molecule has 1 unspecified atom stereocenters. The van der Waals surface area contributed by atoms with E-state index in [1.165, 1.54) is 6.42 Å². The molecule has 1 saturated heterocycles. The van der Waals surface area contributed by atoms with Gasteiger partial charge in [0.15, 0.2) is 6.61 Å². The summed E-state index contributed by atoms with van der Waals surface area (Å²) in [5.41, 5.74) is 0. The molecule has 6 heteroatoms. The summed E-state index contributed by atoms with van der Waals surface area (Å²) >= 11 is 0. The Bertz CT molecular complexity index is 600. The summed E-state index contributed by atoms with van der Waals surface area (Å²) in [5.74, 6) is 0.685. The maximum Gasteiger partial charge on any atom is 0.260 e. The molecule has 0 radical (unpaired) electrons. The predicted molar refractivity (Wildman–Crippen MR) is 85.9 cm³/mol. The van der Waals surface area contributed by atoms with Gasteiger partial charge in [-0.05, 0) is 43.9 Å². The second kappa shape index (κ2) is 7.76. The van der Waals surface area contributed by atoms with Crippen LogP contribution in [-0.2, 0) is 11.3 Å². The molecule has 122 valence electrons. The largest absolute Gasteiger partial charge is 0.482 e. The zero-order valence-electron chi connectivity index (χ0n) is 13.2. The molecule has 3 rings (SSSR count). The maximum atomic E-state index is 12.5. The summed E-state index contributed by atoms with van der Waals surface area (Å²) < 4.78 is 7.47. The van der Waals surface area contributed by atoms with Crippen LogP contribution in [-0.4, -0.2) is 44.8 Å². The maximum absolute atomic E-state index is 12.5. The third kappa shape index (κ3) is 4.31. The van der Waals surface area contributed by atoms with E-state index in [-0.39, 0.29) is 18.6 Å².